The zero-order valence-corrected chi connectivity index (χ0v) is 15.4. The Kier molecular flexibility index (Phi) is 5.36. The third-order valence-corrected chi connectivity index (χ3v) is 3.99. The summed E-state index contributed by atoms with van der Waals surface area (Å²) in [6, 6.07) is 5.03. The number of nitrogens with one attached hydrogen (secondary N) is 1. The van der Waals surface area contributed by atoms with E-state index in [9.17, 15) is 18.0 Å². The minimum atomic E-state index is -4.46. The molecule has 1 amide bonds. The molecular weight excluding hydrogens is 389 g/mol. The smallest absolute Gasteiger partial charge is 0.422 e. The van der Waals surface area contributed by atoms with Crippen molar-refractivity contribution in [3.8, 4) is 17.6 Å². The van der Waals surface area contributed by atoms with Crippen LogP contribution in [0.5, 0.6) is 5.88 Å². The second kappa shape index (κ2) is 7.75. The number of hydrogen-bond acceptors (Lipinski definition) is 6. The van der Waals surface area contributed by atoms with Gasteiger partial charge in [0.25, 0.3) is 5.91 Å². The van der Waals surface area contributed by atoms with E-state index in [0.717, 1.165) is 0 Å². The number of aryl methyl sites for hydroxylation is 2. The first-order valence-corrected chi connectivity index (χ1v) is 8.37. The number of carbonyl (C=O) groups excluding carboxylic acids is 1. The van der Waals surface area contributed by atoms with Crippen LogP contribution in [0.25, 0.3) is 16.6 Å². The van der Waals surface area contributed by atoms with Gasteiger partial charge in [-0.25, -0.2) is 9.67 Å². The summed E-state index contributed by atoms with van der Waals surface area (Å²) in [5.41, 5.74) is 2.08. The van der Waals surface area contributed by atoms with E-state index in [0.29, 0.717) is 27.8 Å². The standard InChI is InChI=1S/C18H15F3N6O2/c1-10-7-12(8-25-17(10)29-9-18(19,20)21)27-11(2)14-13(26-27)3-5-23-15(14)16(28)24-6-4-22/h3,5,7-8H,6,9H2,1-2H3,(H,24,28). The SMILES string of the molecule is Cc1cc(-n2nc3ccnc(C(=O)NCC#N)c3c2C)cnc1OCC(F)(F)F. The quantitative estimate of drug-likeness (QED) is 0.656. The van der Waals surface area contributed by atoms with Gasteiger partial charge in [-0.2, -0.15) is 23.5 Å². The van der Waals surface area contributed by atoms with Crippen molar-refractivity contribution in [3.05, 3.63) is 41.5 Å². The molecule has 11 heteroatoms. The van der Waals surface area contributed by atoms with Crippen molar-refractivity contribution in [2.45, 2.75) is 20.0 Å². The van der Waals surface area contributed by atoms with Crippen LogP contribution in [0, 0.1) is 25.2 Å². The number of amides is 1. The van der Waals surface area contributed by atoms with E-state index in [4.69, 9.17) is 10.00 Å². The topological polar surface area (TPSA) is 106 Å². The van der Waals surface area contributed by atoms with Crippen LogP contribution in [0.15, 0.2) is 24.5 Å². The van der Waals surface area contributed by atoms with Crippen LogP contribution in [0.1, 0.15) is 21.7 Å². The fourth-order valence-electron chi connectivity index (χ4n) is 2.77. The van der Waals surface area contributed by atoms with Gasteiger partial charge in [0.15, 0.2) is 6.61 Å². The largest absolute Gasteiger partial charge is 0.468 e. The molecule has 29 heavy (non-hydrogen) atoms. The molecule has 3 aromatic rings. The van der Waals surface area contributed by atoms with Crippen molar-refractivity contribution < 1.29 is 22.7 Å². The molecule has 0 bridgehead atoms. The van der Waals surface area contributed by atoms with Gasteiger partial charge < -0.3 is 10.1 Å². The van der Waals surface area contributed by atoms with Gasteiger partial charge in [0.05, 0.1) is 34.6 Å². The van der Waals surface area contributed by atoms with Crippen molar-refractivity contribution in [2.75, 3.05) is 13.2 Å². The lowest BCUT2D eigenvalue weighted by Gasteiger charge is -2.12. The Morgan fingerprint density at radius 3 is 2.76 bits per heavy atom. The summed E-state index contributed by atoms with van der Waals surface area (Å²) in [5, 5.41) is 16.0. The molecule has 0 fully saturated rings. The molecule has 0 saturated heterocycles. The molecule has 3 aromatic heterocycles. The summed E-state index contributed by atoms with van der Waals surface area (Å²) in [7, 11) is 0. The van der Waals surface area contributed by atoms with Crippen LogP contribution in [0.4, 0.5) is 13.2 Å². The number of alkyl halides is 3. The molecule has 1 N–H and O–H groups in total. The summed E-state index contributed by atoms with van der Waals surface area (Å²) in [4.78, 5) is 20.3. The lowest BCUT2D eigenvalue weighted by atomic mass is 10.2. The first-order chi connectivity index (χ1) is 13.7. The molecule has 8 nitrogen and oxygen atoms in total. The van der Waals surface area contributed by atoms with Crippen LogP contribution < -0.4 is 10.1 Å². The van der Waals surface area contributed by atoms with Gasteiger partial charge in [-0.1, -0.05) is 0 Å². The van der Waals surface area contributed by atoms with Crippen LogP contribution in [0.2, 0.25) is 0 Å². The number of hydrogen-bond donors (Lipinski definition) is 1. The lowest BCUT2D eigenvalue weighted by Crippen LogP contribution is -2.24. The van der Waals surface area contributed by atoms with Crippen LogP contribution in [-0.2, 0) is 0 Å². The van der Waals surface area contributed by atoms with E-state index >= 15 is 0 Å². The maximum Gasteiger partial charge on any atom is 0.422 e. The Labute approximate surface area is 162 Å². The highest BCUT2D eigenvalue weighted by molar-refractivity contribution is 6.05. The Morgan fingerprint density at radius 2 is 2.10 bits per heavy atom. The molecule has 0 aliphatic rings. The number of aromatic nitrogens is 4. The number of carbonyl (C=O) groups is 1. The fraction of sp³-hybridized carbons (Fsp3) is 0.278. The number of rotatable bonds is 5. The second-order valence-corrected chi connectivity index (χ2v) is 6.11. The lowest BCUT2D eigenvalue weighted by molar-refractivity contribution is -0.154. The first-order valence-electron chi connectivity index (χ1n) is 8.37. The van der Waals surface area contributed by atoms with Gasteiger partial charge in [0, 0.05) is 11.8 Å². The summed E-state index contributed by atoms with van der Waals surface area (Å²) < 4.78 is 43.3. The van der Waals surface area contributed by atoms with Gasteiger partial charge in [-0.3, -0.25) is 9.78 Å². The minimum absolute atomic E-state index is 0.122. The number of ether oxygens (including phenoxy) is 1. The van der Waals surface area contributed by atoms with Gasteiger partial charge >= 0.3 is 6.18 Å². The molecule has 0 aliphatic carbocycles. The van der Waals surface area contributed by atoms with Gasteiger partial charge in [-0.15, -0.1) is 0 Å². The average Bonchev–Trinajstić information content (AvgIpc) is 3.01. The number of halogens is 3. The van der Waals surface area contributed by atoms with Crippen LogP contribution in [-0.4, -0.2) is 45.0 Å². The summed E-state index contributed by atoms with van der Waals surface area (Å²) in [5.74, 6) is -0.635. The van der Waals surface area contributed by atoms with Crippen molar-refractivity contribution in [2.24, 2.45) is 0 Å². The van der Waals surface area contributed by atoms with E-state index in [2.05, 4.69) is 20.4 Å². The molecule has 3 rings (SSSR count). The number of fused-ring (bicyclic) bond motifs is 1. The third kappa shape index (κ3) is 4.26. The van der Waals surface area contributed by atoms with Crippen molar-refractivity contribution >= 4 is 16.8 Å². The Bertz CT molecular complexity index is 1120. The third-order valence-electron chi connectivity index (χ3n) is 3.99. The Hall–Kier alpha value is -3.68. The molecule has 0 atom stereocenters. The van der Waals surface area contributed by atoms with E-state index in [1.165, 1.54) is 17.1 Å². The first kappa shape index (κ1) is 20.1. The van der Waals surface area contributed by atoms with Crippen molar-refractivity contribution in [1.82, 2.24) is 25.1 Å². The van der Waals surface area contributed by atoms with Crippen molar-refractivity contribution in [1.29, 1.82) is 5.26 Å². The molecule has 0 unspecified atom stereocenters. The second-order valence-electron chi connectivity index (χ2n) is 6.11. The van der Waals surface area contributed by atoms with Crippen molar-refractivity contribution in [3.63, 3.8) is 0 Å². The summed E-state index contributed by atoms with van der Waals surface area (Å²) in [6.45, 7) is 1.70. The Balaban J connectivity index is 1.99. The van der Waals surface area contributed by atoms with E-state index in [-0.39, 0.29) is 18.1 Å². The normalized spacial score (nSPS) is 11.3. The van der Waals surface area contributed by atoms with E-state index in [1.54, 1.807) is 26.0 Å². The fourth-order valence-corrected chi connectivity index (χ4v) is 2.77. The van der Waals surface area contributed by atoms with E-state index in [1.807, 2.05) is 6.07 Å². The number of pyridine rings is 2. The van der Waals surface area contributed by atoms with Crippen LogP contribution in [0.3, 0.4) is 0 Å². The zero-order chi connectivity index (χ0) is 21.2. The molecule has 150 valence electrons. The molecule has 0 aliphatic heterocycles. The molecule has 0 aromatic carbocycles. The van der Waals surface area contributed by atoms with Gasteiger partial charge in [0.1, 0.15) is 12.2 Å². The highest BCUT2D eigenvalue weighted by Gasteiger charge is 2.29. The molecule has 0 radical (unpaired) electrons. The average molecular weight is 404 g/mol. The molecule has 0 saturated carbocycles. The highest BCUT2D eigenvalue weighted by Crippen LogP contribution is 2.26. The number of nitrogens with zero attached hydrogens (tertiary/aromatic N) is 5. The monoisotopic (exact) mass is 404 g/mol. The maximum atomic E-state index is 12.3. The number of nitriles is 1. The van der Waals surface area contributed by atoms with Gasteiger partial charge in [-0.05, 0) is 26.0 Å². The summed E-state index contributed by atoms with van der Waals surface area (Å²) >= 11 is 0. The minimum Gasteiger partial charge on any atom is -0.468 e. The molecule has 0 spiro atoms. The highest BCUT2D eigenvalue weighted by atomic mass is 19.4. The predicted octanol–water partition coefficient (Wildman–Crippen LogP) is 2.63. The molecular formula is C18H15F3N6O2. The predicted molar refractivity (Wildman–Crippen MR) is 95.6 cm³/mol. The zero-order valence-electron chi connectivity index (χ0n) is 15.4. The summed E-state index contributed by atoms with van der Waals surface area (Å²) in [6.07, 6.45) is -1.70. The molecule has 3 heterocycles. The van der Waals surface area contributed by atoms with E-state index < -0.39 is 18.7 Å². The van der Waals surface area contributed by atoms with Crippen LogP contribution >= 0.6 is 0 Å². The maximum absolute atomic E-state index is 12.3. The Morgan fingerprint density at radius 1 is 1.34 bits per heavy atom. The van der Waals surface area contributed by atoms with Gasteiger partial charge in [0.2, 0.25) is 5.88 Å².